The van der Waals surface area contributed by atoms with Crippen LogP contribution < -0.4 is 5.32 Å². The Hall–Kier alpha value is -1.51. The molecular formula is C14H21NO2. The van der Waals surface area contributed by atoms with Gasteiger partial charge in [0.2, 0.25) is 5.91 Å². The van der Waals surface area contributed by atoms with Crippen LogP contribution in [0.4, 0.5) is 5.69 Å². The lowest BCUT2D eigenvalue weighted by molar-refractivity contribution is -0.116. The molecule has 0 aliphatic heterocycles. The van der Waals surface area contributed by atoms with Gasteiger partial charge < -0.3 is 10.4 Å². The third-order valence-corrected chi connectivity index (χ3v) is 2.74. The Kier molecular flexibility index (Phi) is 5.53. The normalized spacial score (nSPS) is 10.2. The van der Waals surface area contributed by atoms with Gasteiger partial charge in [-0.3, -0.25) is 4.79 Å². The molecule has 0 atom stereocenters. The van der Waals surface area contributed by atoms with E-state index in [2.05, 4.69) is 12.2 Å². The van der Waals surface area contributed by atoms with Crippen LogP contribution in [0.15, 0.2) is 18.2 Å². The van der Waals surface area contributed by atoms with Gasteiger partial charge in [-0.2, -0.15) is 0 Å². The first kappa shape index (κ1) is 13.6. The molecule has 0 saturated carbocycles. The van der Waals surface area contributed by atoms with E-state index >= 15 is 0 Å². The summed E-state index contributed by atoms with van der Waals surface area (Å²) in [5.41, 5.74) is 1.52. The van der Waals surface area contributed by atoms with Gasteiger partial charge >= 0.3 is 0 Å². The number of aromatic hydroxyl groups is 1. The Labute approximate surface area is 103 Å². The summed E-state index contributed by atoms with van der Waals surface area (Å²) in [6.45, 7) is 3.96. The number of rotatable bonds is 6. The van der Waals surface area contributed by atoms with Gasteiger partial charge in [0.05, 0.1) is 0 Å². The van der Waals surface area contributed by atoms with E-state index in [-0.39, 0.29) is 11.7 Å². The Morgan fingerprint density at radius 1 is 1.29 bits per heavy atom. The first-order valence-corrected chi connectivity index (χ1v) is 6.23. The van der Waals surface area contributed by atoms with Crippen molar-refractivity contribution in [1.29, 1.82) is 0 Å². The molecule has 0 fully saturated rings. The summed E-state index contributed by atoms with van der Waals surface area (Å²) in [7, 11) is 0. The number of phenolic OH excluding ortho intramolecular Hbond substituents is 1. The predicted octanol–water partition coefficient (Wildman–Crippen LogP) is 3.61. The SMILES string of the molecule is CCCCCCC(=O)Nc1ccc(O)c(C)c1. The van der Waals surface area contributed by atoms with Crippen molar-refractivity contribution in [2.24, 2.45) is 0 Å². The fourth-order valence-corrected chi connectivity index (χ4v) is 1.67. The average molecular weight is 235 g/mol. The minimum absolute atomic E-state index is 0.0474. The summed E-state index contributed by atoms with van der Waals surface area (Å²) in [6, 6.07) is 5.09. The number of unbranched alkanes of at least 4 members (excludes halogenated alkanes) is 3. The summed E-state index contributed by atoms with van der Waals surface area (Å²) in [5.74, 6) is 0.303. The second kappa shape index (κ2) is 6.94. The molecule has 0 radical (unpaired) electrons. The molecule has 0 unspecified atom stereocenters. The lowest BCUT2D eigenvalue weighted by Gasteiger charge is -2.06. The maximum absolute atomic E-state index is 11.6. The summed E-state index contributed by atoms with van der Waals surface area (Å²) in [6.07, 6.45) is 4.99. The van der Waals surface area contributed by atoms with E-state index in [0.717, 1.165) is 24.1 Å². The number of hydrogen-bond donors (Lipinski definition) is 2. The smallest absolute Gasteiger partial charge is 0.224 e. The number of aryl methyl sites for hydroxylation is 1. The summed E-state index contributed by atoms with van der Waals surface area (Å²) < 4.78 is 0. The standard InChI is InChI=1S/C14H21NO2/c1-3-4-5-6-7-14(17)15-12-8-9-13(16)11(2)10-12/h8-10,16H,3-7H2,1-2H3,(H,15,17). The molecular weight excluding hydrogens is 214 g/mol. The highest BCUT2D eigenvalue weighted by Gasteiger charge is 2.03. The summed E-state index contributed by atoms with van der Waals surface area (Å²) >= 11 is 0. The van der Waals surface area contributed by atoms with Gasteiger partial charge in [-0.25, -0.2) is 0 Å². The molecule has 3 nitrogen and oxygen atoms in total. The lowest BCUT2D eigenvalue weighted by atomic mass is 10.1. The van der Waals surface area contributed by atoms with Crippen molar-refractivity contribution in [1.82, 2.24) is 0 Å². The Balaban J connectivity index is 2.37. The van der Waals surface area contributed by atoms with Gasteiger partial charge in [-0.05, 0) is 37.1 Å². The molecule has 1 aromatic carbocycles. The molecule has 0 aliphatic rings. The Bertz CT molecular complexity index is 374. The van der Waals surface area contributed by atoms with Crippen molar-refractivity contribution >= 4 is 11.6 Å². The van der Waals surface area contributed by atoms with E-state index in [1.165, 1.54) is 12.8 Å². The van der Waals surface area contributed by atoms with Crippen LogP contribution in [0.5, 0.6) is 5.75 Å². The topological polar surface area (TPSA) is 49.3 Å². The zero-order valence-electron chi connectivity index (χ0n) is 10.6. The number of phenols is 1. The maximum Gasteiger partial charge on any atom is 0.224 e. The first-order chi connectivity index (χ1) is 8.13. The fourth-order valence-electron chi connectivity index (χ4n) is 1.67. The van der Waals surface area contributed by atoms with Crippen LogP contribution in [0.2, 0.25) is 0 Å². The van der Waals surface area contributed by atoms with Crippen LogP contribution in [0.1, 0.15) is 44.6 Å². The molecule has 1 aromatic rings. The number of nitrogens with one attached hydrogen (secondary N) is 1. The number of amides is 1. The van der Waals surface area contributed by atoms with Gasteiger partial charge in [-0.1, -0.05) is 26.2 Å². The van der Waals surface area contributed by atoms with Gasteiger partial charge in [0, 0.05) is 12.1 Å². The number of benzene rings is 1. The molecule has 0 aliphatic carbocycles. The summed E-state index contributed by atoms with van der Waals surface area (Å²) in [5, 5.41) is 12.2. The third kappa shape index (κ3) is 4.89. The van der Waals surface area contributed by atoms with Crippen molar-refractivity contribution < 1.29 is 9.90 Å². The first-order valence-electron chi connectivity index (χ1n) is 6.23. The quantitative estimate of drug-likeness (QED) is 0.584. The molecule has 0 saturated heterocycles. The zero-order valence-corrected chi connectivity index (χ0v) is 10.6. The molecule has 0 heterocycles. The van der Waals surface area contributed by atoms with Crippen molar-refractivity contribution in [2.45, 2.75) is 46.0 Å². The number of hydrogen-bond acceptors (Lipinski definition) is 2. The zero-order chi connectivity index (χ0) is 12.7. The van der Waals surface area contributed by atoms with Gasteiger partial charge in [0.25, 0.3) is 0 Å². The molecule has 0 bridgehead atoms. The van der Waals surface area contributed by atoms with Crippen molar-refractivity contribution in [3.63, 3.8) is 0 Å². The van der Waals surface area contributed by atoms with E-state index in [0.29, 0.717) is 6.42 Å². The van der Waals surface area contributed by atoms with Crippen LogP contribution in [-0.2, 0) is 4.79 Å². The third-order valence-electron chi connectivity index (χ3n) is 2.74. The van der Waals surface area contributed by atoms with Crippen molar-refractivity contribution in [2.75, 3.05) is 5.32 Å². The van der Waals surface area contributed by atoms with Crippen LogP contribution in [0.25, 0.3) is 0 Å². The van der Waals surface area contributed by atoms with E-state index in [1.807, 2.05) is 6.92 Å². The second-order valence-electron chi connectivity index (χ2n) is 4.36. The highest BCUT2D eigenvalue weighted by Crippen LogP contribution is 2.20. The van der Waals surface area contributed by atoms with Crippen molar-refractivity contribution in [3.05, 3.63) is 23.8 Å². The molecule has 2 N–H and O–H groups in total. The molecule has 0 spiro atoms. The molecule has 1 rings (SSSR count). The van der Waals surface area contributed by atoms with E-state index in [1.54, 1.807) is 18.2 Å². The molecule has 1 amide bonds. The minimum atomic E-state index is 0.0474. The van der Waals surface area contributed by atoms with Crippen LogP contribution in [-0.4, -0.2) is 11.0 Å². The summed E-state index contributed by atoms with van der Waals surface area (Å²) in [4.78, 5) is 11.6. The highest BCUT2D eigenvalue weighted by molar-refractivity contribution is 5.90. The van der Waals surface area contributed by atoms with Crippen LogP contribution in [0.3, 0.4) is 0 Å². The van der Waals surface area contributed by atoms with Crippen molar-refractivity contribution in [3.8, 4) is 5.75 Å². The molecule has 94 valence electrons. The van der Waals surface area contributed by atoms with E-state index in [9.17, 15) is 9.90 Å². The number of carbonyl (C=O) groups is 1. The lowest BCUT2D eigenvalue weighted by Crippen LogP contribution is -2.11. The van der Waals surface area contributed by atoms with Crippen LogP contribution >= 0.6 is 0 Å². The molecule has 17 heavy (non-hydrogen) atoms. The largest absolute Gasteiger partial charge is 0.508 e. The van der Waals surface area contributed by atoms with Gasteiger partial charge in [0.1, 0.15) is 5.75 Å². The Morgan fingerprint density at radius 2 is 2.06 bits per heavy atom. The maximum atomic E-state index is 11.6. The van der Waals surface area contributed by atoms with E-state index in [4.69, 9.17) is 0 Å². The monoisotopic (exact) mass is 235 g/mol. The predicted molar refractivity (Wildman–Crippen MR) is 70.2 cm³/mol. The molecule has 0 aromatic heterocycles. The van der Waals surface area contributed by atoms with Crippen LogP contribution in [0, 0.1) is 6.92 Å². The highest BCUT2D eigenvalue weighted by atomic mass is 16.3. The van der Waals surface area contributed by atoms with Gasteiger partial charge in [-0.15, -0.1) is 0 Å². The fraction of sp³-hybridized carbons (Fsp3) is 0.500. The Morgan fingerprint density at radius 3 is 2.71 bits per heavy atom. The number of carbonyl (C=O) groups excluding carboxylic acids is 1. The van der Waals surface area contributed by atoms with E-state index < -0.39 is 0 Å². The minimum Gasteiger partial charge on any atom is -0.508 e. The average Bonchev–Trinajstić information content (AvgIpc) is 2.30. The number of anilines is 1. The second-order valence-corrected chi connectivity index (χ2v) is 4.36. The molecule has 3 heteroatoms. The van der Waals surface area contributed by atoms with Gasteiger partial charge in [0.15, 0.2) is 0 Å².